The summed E-state index contributed by atoms with van der Waals surface area (Å²) >= 11 is 17.2. The van der Waals surface area contributed by atoms with Crippen LogP contribution in [0.4, 0.5) is 0 Å². The van der Waals surface area contributed by atoms with Gasteiger partial charge < -0.3 is 14.2 Å². The van der Waals surface area contributed by atoms with Crippen molar-refractivity contribution in [1.29, 1.82) is 0 Å². The molecular formula is C25H17Cl2I2NO4. The summed E-state index contributed by atoms with van der Waals surface area (Å²) in [6.07, 6.45) is 1.59. The molecule has 4 rings (SSSR count). The fourth-order valence-electron chi connectivity index (χ4n) is 3.20. The van der Waals surface area contributed by atoms with Gasteiger partial charge in [-0.05, 0) is 112 Å². The van der Waals surface area contributed by atoms with Crippen molar-refractivity contribution in [3.63, 3.8) is 0 Å². The lowest BCUT2D eigenvalue weighted by molar-refractivity contribution is -0.129. The zero-order valence-corrected chi connectivity index (χ0v) is 23.6. The molecule has 0 unspecified atom stereocenters. The molecule has 0 N–H and O–H groups in total. The average molecular weight is 720 g/mol. The second-order valence-electron chi connectivity index (χ2n) is 7.14. The zero-order valence-electron chi connectivity index (χ0n) is 17.8. The summed E-state index contributed by atoms with van der Waals surface area (Å²) < 4.78 is 19.2. The zero-order chi connectivity index (χ0) is 24.2. The second-order valence-corrected chi connectivity index (χ2v) is 10.4. The predicted octanol–water partition coefficient (Wildman–Crippen LogP) is 7.52. The molecule has 174 valence electrons. The maximum absolute atomic E-state index is 12.5. The van der Waals surface area contributed by atoms with Crippen molar-refractivity contribution in [2.24, 2.45) is 4.99 Å². The molecule has 0 atom stereocenters. The third-order valence-corrected chi connectivity index (χ3v) is 6.64. The SMILES string of the molecule is CCOc1cc(/C=C2\N=C(c3cc(I)ccc3Cl)OC2=O)cc(Cl)c1OCc1cccc(I)c1. The van der Waals surface area contributed by atoms with E-state index >= 15 is 0 Å². The summed E-state index contributed by atoms with van der Waals surface area (Å²) in [5.74, 6) is 0.503. The van der Waals surface area contributed by atoms with Crippen LogP contribution in [0, 0.1) is 7.14 Å². The molecule has 0 aromatic heterocycles. The van der Waals surface area contributed by atoms with E-state index in [0.717, 1.165) is 12.7 Å². The molecule has 1 heterocycles. The summed E-state index contributed by atoms with van der Waals surface area (Å²) in [6.45, 7) is 2.64. The van der Waals surface area contributed by atoms with Crippen molar-refractivity contribution in [1.82, 2.24) is 0 Å². The minimum atomic E-state index is -0.571. The fourth-order valence-corrected chi connectivity index (χ4v) is 4.77. The topological polar surface area (TPSA) is 57.1 Å². The van der Waals surface area contributed by atoms with Crippen LogP contribution in [-0.2, 0) is 16.1 Å². The smallest absolute Gasteiger partial charge is 0.363 e. The molecule has 5 nitrogen and oxygen atoms in total. The van der Waals surface area contributed by atoms with E-state index < -0.39 is 5.97 Å². The summed E-state index contributed by atoms with van der Waals surface area (Å²) in [7, 11) is 0. The molecule has 0 bridgehead atoms. The Hall–Kier alpha value is -1.82. The molecule has 0 saturated heterocycles. The van der Waals surface area contributed by atoms with Gasteiger partial charge in [0.15, 0.2) is 17.2 Å². The van der Waals surface area contributed by atoms with E-state index in [-0.39, 0.29) is 11.6 Å². The molecule has 0 fully saturated rings. The average Bonchev–Trinajstić information content (AvgIpc) is 3.15. The third-order valence-electron chi connectivity index (χ3n) is 4.69. The van der Waals surface area contributed by atoms with E-state index in [1.54, 1.807) is 24.3 Å². The van der Waals surface area contributed by atoms with Gasteiger partial charge in [-0.2, -0.15) is 0 Å². The second kappa shape index (κ2) is 11.3. The monoisotopic (exact) mass is 719 g/mol. The standard InChI is InChI=1S/C25H17Cl2I2NO4/c1-2-32-22-11-15(9-20(27)23(22)33-13-14-4-3-5-16(28)8-14)10-21-25(31)34-24(30-21)18-12-17(29)6-7-19(18)26/h3-12H,2,13H2,1H3/b21-10-. The van der Waals surface area contributed by atoms with Crippen LogP contribution >= 0.6 is 68.4 Å². The number of hydrogen-bond acceptors (Lipinski definition) is 5. The molecule has 0 spiro atoms. The third kappa shape index (κ3) is 6.05. The van der Waals surface area contributed by atoms with Crippen LogP contribution in [0.2, 0.25) is 10.0 Å². The number of hydrogen-bond donors (Lipinski definition) is 0. The molecule has 0 saturated carbocycles. The van der Waals surface area contributed by atoms with E-state index in [0.29, 0.717) is 45.9 Å². The molecular weight excluding hydrogens is 703 g/mol. The molecule has 34 heavy (non-hydrogen) atoms. The highest BCUT2D eigenvalue weighted by molar-refractivity contribution is 14.1. The van der Waals surface area contributed by atoms with Crippen LogP contribution in [0.3, 0.4) is 0 Å². The van der Waals surface area contributed by atoms with Gasteiger partial charge in [0.1, 0.15) is 6.61 Å². The van der Waals surface area contributed by atoms with E-state index in [1.807, 2.05) is 43.3 Å². The Kier molecular flexibility index (Phi) is 8.39. The van der Waals surface area contributed by atoms with Crippen LogP contribution in [0.5, 0.6) is 11.5 Å². The number of cyclic esters (lactones) is 1. The number of aliphatic imine (C=N–C) groups is 1. The van der Waals surface area contributed by atoms with Crippen LogP contribution in [0.25, 0.3) is 6.08 Å². The van der Waals surface area contributed by atoms with Gasteiger partial charge in [0, 0.05) is 7.14 Å². The van der Waals surface area contributed by atoms with E-state index in [2.05, 4.69) is 50.2 Å². The van der Waals surface area contributed by atoms with Crippen molar-refractivity contribution in [3.05, 3.63) is 94.2 Å². The van der Waals surface area contributed by atoms with Gasteiger partial charge in [-0.15, -0.1) is 0 Å². The highest BCUT2D eigenvalue weighted by atomic mass is 127. The van der Waals surface area contributed by atoms with Crippen molar-refractivity contribution >= 4 is 86.3 Å². The highest BCUT2D eigenvalue weighted by Gasteiger charge is 2.26. The molecule has 3 aromatic carbocycles. The Morgan fingerprint density at radius 2 is 1.79 bits per heavy atom. The van der Waals surface area contributed by atoms with Gasteiger partial charge in [0.25, 0.3) is 0 Å². The number of nitrogens with zero attached hydrogens (tertiary/aromatic N) is 1. The van der Waals surface area contributed by atoms with Crippen LogP contribution < -0.4 is 9.47 Å². The number of halogens is 4. The van der Waals surface area contributed by atoms with Crippen molar-refractivity contribution in [2.75, 3.05) is 6.61 Å². The van der Waals surface area contributed by atoms with Gasteiger partial charge in [0.2, 0.25) is 5.90 Å². The quantitative estimate of drug-likeness (QED) is 0.144. The lowest BCUT2D eigenvalue weighted by Gasteiger charge is -2.15. The maximum atomic E-state index is 12.5. The lowest BCUT2D eigenvalue weighted by atomic mass is 10.1. The summed E-state index contributed by atoms with van der Waals surface area (Å²) in [5.41, 5.74) is 2.33. The molecule has 3 aromatic rings. The van der Waals surface area contributed by atoms with E-state index in [1.165, 1.54) is 0 Å². The molecule has 0 radical (unpaired) electrons. The fraction of sp³-hybridized carbons (Fsp3) is 0.120. The predicted molar refractivity (Wildman–Crippen MR) is 151 cm³/mol. The Bertz CT molecular complexity index is 1320. The van der Waals surface area contributed by atoms with Crippen LogP contribution in [-0.4, -0.2) is 18.5 Å². The van der Waals surface area contributed by atoms with Gasteiger partial charge in [-0.3, -0.25) is 0 Å². The van der Waals surface area contributed by atoms with Crippen molar-refractivity contribution < 1.29 is 19.0 Å². The lowest BCUT2D eigenvalue weighted by Crippen LogP contribution is -2.06. The number of benzene rings is 3. The minimum absolute atomic E-state index is 0.135. The molecule has 0 amide bonds. The Morgan fingerprint density at radius 3 is 2.56 bits per heavy atom. The summed E-state index contributed by atoms with van der Waals surface area (Å²) in [4.78, 5) is 16.8. The van der Waals surface area contributed by atoms with Crippen molar-refractivity contribution in [3.8, 4) is 11.5 Å². The number of esters is 1. The first-order chi connectivity index (χ1) is 16.3. The summed E-state index contributed by atoms with van der Waals surface area (Å²) in [5, 5.41) is 0.809. The van der Waals surface area contributed by atoms with E-state index in [4.69, 9.17) is 37.4 Å². The maximum Gasteiger partial charge on any atom is 0.363 e. The first-order valence-electron chi connectivity index (χ1n) is 10.2. The van der Waals surface area contributed by atoms with Crippen LogP contribution in [0.1, 0.15) is 23.6 Å². The van der Waals surface area contributed by atoms with Gasteiger partial charge in [-0.25, -0.2) is 9.79 Å². The number of carbonyl (C=O) groups is 1. The molecule has 1 aliphatic heterocycles. The Balaban J connectivity index is 1.63. The largest absolute Gasteiger partial charge is 0.490 e. The number of carbonyl (C=O) groups excluding carboxylic acids is 1. The first kappa shape index (κ1) is 25.3. The molecule has 0 aliphatic carbocycles. The molecule has 9 heteroatoms. The number of ether oxygens (including phenoxy) is 3. The van der Waals surface area contributed by atoms with Gasteiger partial charge in [0.05, 0.1) is 22.2 Å². The normalized spacial score (nSPS) is 14.2. The van der Waals surface area contributed by atoms with E-state index in [9.17, 15) is 4.79 Å². The van der Waals surface area contributed by atoms with Gasteiger partial charge in [-0.1, -0.05) is 35.3 Å². The molecule has 1 aliphatic rings. The Labute approximate surface area is 234 Å². The minimum Gasteiger partial charge on any atom is -0.490 e. The Morgan fingerprint density at radius 1 is 1.00 bits per heavy atom. The number of rotatable bonds is 7. The van der Waals surface area contributed by atoms with Gasteiger partial charge >= 0.3 is 5.97 Å². The summed E-state index contributed by atoms with van der Waals surface area (Å²) in [6, 6.07) is 16.9. The highest BCUT2D eigenvalue weighted by Crippen LogP contribution is 2.38. The van der Waals surface area contributed by atoms with Crippen LogP contribution in [0.15, 0.2) is 65.3 Å². The first-order valence-corrected chi connectivity index (χ1v) is 13.1. The van der Waals surface area contributed by atoms with Crippen molar-refractivity contribution in [2.45, 2.75) is 13.5 Å².